The minimum atomic E-state index is 0.934. The molecule has 0 N–H and O–H groups in total. The lowest BCUT2D eigenvalue weighted by molar-refractivity contribution is 1.18. The van der Waals surface area contributed by atoms with Gasteiger partial charge in [0.1, 0.15) is 11.0 Å². The van der Waals surface area contributed by atoms with Gasteiger partial charge in [0.15, 0.2) is 0 Å². The summed E-state index contributed by atoms with van der Waals surface area (Å²) in [6, 6.07) is 56.5. The standard InChI is InChI=1S/C42H26N4S/c1-5-13-37-33(9-1)34-10-2-6-14-38(34)45(37)29-21-17-27(18-22-29)31-25-26-32(42-41(31)43-47-44-42)28-19-23-30(24-20-28)46-39-15-7-3-11-35(39)36-12-4-8-16-40(36)46/h1-26H. The second-order valence-corrected chi connectivity index (χ2v) is 12.5. The third-order valence-corrected chi connectivity index (χ3v) is 9.98. The van der Waals surface area contributed by atoms with E-state index in [4.69, 9.17) is 8.75 Å². The van der Waals surface area contributed by atoms with E-state index >= 15 is 0 Å². The molecule has 0 saturated heterocycles. The van der Waals surface area contributed by atoms with Gasteiger partial charge in [0, 0.05) is 44.0 Å². The Labute approximate surface area is 274 Å². The lowest BCUT2D eigenvalue weighted by atomic mass is 9.97. The Hall–Kier alpha value is -6.04. The molecule has 0 atom stereocenters. The summed E-state index contributed by atoms with van der Waals surface area (Å²) < 4.78 is 14.3. The van der Waals surface area contributed by atoms with Crippen molar-refractivity contribution in [2.75, 3.05) is 0 Å². The number of hydrogen-bond donors (Lipinski definition) is 0. The smallest absolute Gasteiger partial charge is 0.113 e. The van der Waals surface area contributed by atoms with Gasteiger partial charge in [0.25, 0.3) is 0 Å². The fourth-order valence-corrected chi connectivity index (χ4v) is 7.89. The van der Waals surface area contributed by atoms with E-state index in [0.29, 0.717) is 0 Å². The van der Waals surface area contributed by atoms with Crippen molar-refractivity contribution in [3.05, 3.63) is 158 Å². The van der Waals surface area contributed by atoms with Crippen molar-refractivity contribution >= 4 is 66.4 Å². The molecule has 0 spiro atoms. The molecule has 0 amide bonds. The molecule has 0 saturated carbocycles. The zero-order valence-corrected chi connectivity index (χ0v) is 26.0. The van der Waals surface area contributed by atoms with Gasteiger partial charge in [-0.3, -0.25) is 0 Å². The molecule has 10 aromatic rings. The summed E-state index contributed by atoms with van der Waals surface area (Å²) in [6.45, 7) is 0. The Morgan fingerprint density at radius 2 is 0.660 bits per heavy atom. The van der Waals surface area contributed by atoms with E-state index < -0.39 is 0 Å². The van der Waals surface area contributed by atoms with Crippen molar-refractivity contribution in [1.82, 2.24) is 17.9 Å². The van der Waals surface area contributed by atoms with Crippen LogP contribution in [0, 0.1) is 0 Å². The maximum atomic E-state index is 4.78. The maximum absolute atomic E-state index is 4.78. The highest BCUT2D eigenvalue weighted by Crippen LogP contribution is 2.38. The van der Waals surface area contributed by atoms with Crippen molar-refractivity contribution in [2.24, 2.45) is 0 Å². The predicted molar refractivity (Wildman–Crippen MR) is 197 cm³/mol. The monoisotopic (exact) mass is 618 g/mol. The van der Waals surface area contributed by atoms with Crippen molar-refractivity contribution in [3.8, 4) is 33.6 Å². The van der Waals surface area contributed by atoms with Crippen LogP contribution in [0.4, 0.5) is 0 Å². The Bertz CT molecular complexity index is 2480. The molecule has 47 heavy (non-hydrogen) atoms. The van der Waals surface area contributed by atoms with Crippen LogP contribution in [0.1, 0.15) is 0 Å². The number of aromatic nitrogens is 4. The minimum absolute atomic E-state index is 0.934. The largest absolute Gasteiger partial charge is 0.309 e. The van der Waals surface area contributed by atoms with Crippen LogP contribution < -0.4 is 0 Å². The normalized spacial score (nSPS) is 11.8. The Balaban J connectivity index is 1.03. The third-order valence-electron chi connectivity index (χ3n) is 9.45. The van der Waals surface area contributed by atoms with Crippen molar-refractivity contribution < 1.29 is 0 Å². The van der Waals surface area contributed by atoms with Gasteiger partial charge >= 0.3 is 0 Å². The van der Waals surface area contributed by atoms with Crippen LogP contribution in [0.5, 0.6) is 0 Å². The van der Waals surface area contributed by atoms with Crippen LogP contribution >= 0.6 is 11.7 Å². The molecule has 0 aliphatic rings. The molecule has 3 aromatic heterocycles. The highest BCUT2D eigenvalue weighted by molar-refractivity contribution is 7.00. The zero-order chi connectivity index (χ0) is 30.9. The molecule has 220 valence electrons. The molecule has 0 aliphatic heterocycles. The van der Waals surface area contributed by atoms with Gasteiger partial charge in [-0.05, 0) is 59.7 Å². The molecule has 0 bridgehead atoms. The molecule has 0 unspecified atom stereocenters. The third kappa shape index (κ3) is 3.94. The molecular weight excluding hydrogens is 593 g/mol. The molecule has 3 heterocycles. The number of rotatable bonds is 4. The first-order chi connectivity index (χ1) is 23.3. The summed E-state index contributed by atoms with van der Waals surface area (Å²) in [6.07, 6.45) is 0. The van der Waals surface area contributed by atoms with Gasteiger partial charge in [-0.25, -0.2) is 0 Å². The van der Waals surface area contributed by atoms with Gasteiger partial charge in [0.2, 0.25) is 0 Å². The molecule has 0 aliphatic carbocycles. The summed E-state index contributed by atoms with van der Waals surface area (Å²) in [5.74, 6) is 0. The second-order valence-electron chi connectivity index (χ2n) is 12.0. The quantitative estimate of drug-likeness (QED) is 0.197. The second kappa shape index (κ2) is 10.2. The van der Waals surface area contributed by atoms with Crippen LogP contribution in [0.15, 0.2) is 158 Å². The Kier molecular flexibility index (Phi) is 5.71. The molecule has 10 rings (SSSR count). The highest BCUT2D eigenvalue weighted by Gasteiger charge is 2.16. The van der Waals surface area contributed by atoms with Gasteiger partial charge in [-0.15, -0.1) is 0 Å². The van der Waals surface area contributed by atoms with Crippen molar-refractivity contribution in [1.29, 1.82) is 0 Å². The van der Waals surface area contributed by atoms with Crippen LogP contribution in [-0.4, -0.2) is 17.9 Å². The zero-order valence-electron chi connectivity index (χ0n) is 25.2. The molecular formula is C42H26N4S. The lowest BCUT2D eigenvalue weighted by Gasteiger charge is -2.11. The molecule has 0 radical (unpaired) electrons. The van der Waals surface area contributed by atoms with E-state index in [-0.39, 0.29) is 0 Å². The maximum Gasteiger partial charge on any atom is 0.113 e. The fraction of sp³-hybridized carbons (Fsp3) is 0. The van der Waals surface area contributed by atoms with Gasteiger partial charge in [-0.1, -0.05) is 109 Å². The summed E-state index contributed by atoms with van der Waals surface area (Å²) >= 11 is 1.27. The summed E-state index contributed by atoms with van der Waals surface area (Å²) in [5.41, 5.74) is 13.4. The SMILES string of the molecule is c1ccc2c(c1)c1ccccc1n2-c1ccc(-c2ccc(-c3ccc(-n4c5ccccc5c5ccccc54)cc3)c3nsnc23)cc1. The van der Waals surface area contributed by atoms with E-state index in [0.717, 1.165) is 44.7 Å². The molecule has 7 aromatic carbocycles. The molecule has 5 heteroatoms. The van der Waals surface area contributed by atoms with Gasteiger partial charge in [0.05, 0.1) is 33.8 Å². The number of hydrogen-bond acceptors (Lipinski definition) is 3. The first-order valence-corrected chi connectivity index (χ1v) is 16.5. The van der Waals surface area contributed by atoms with Crippen LogP contribution in [0.2, 0.25) is 0 Å². The van der Waals surface area contributed by atoms with Gasteiger partial charge in [-0.2, -0.15) is 8.75 Å². The summed E-state index contributed by atoms with van der Waals surface area (Å²) in [7, 11) is 0. The minimum Gasteiger partial charge on any atom is -0.309 e. The first-order valence-electron chi connectivity index (χ1n) is 15.8. The number of para-hydroxylation sites is 4. The van der Waals surface area contributed by atoms with Crippen molar-refractivity contribution in [3.63, 3.8) is 0 Å². The predicted octanol–water partition coefficient (Wildman–Crippen LogP) is 11.2. The van der Waals surface area contributed by atoms with Crippen molar-refractivity contribution in [2.45, 2.75) is 0 Å². The number of fused-ring (bicyclic) bond motifs is 7. The topological polar surface area (TPSA) is 35.6 Å². The fourth-order valence-electron chi connectivity index (χ4n) is 7.31. The van der Waals surface area contributed by atoms with E-state index in [9.17, 15) is 0 Å². The average molecular weight is 619 g/mol. The molecule has 0 fully saturated rings. The van der Waals surface area contributed by atoms with E-state index in [1.807, 2.05) is 0 Å². The number of nitrogens with zero attached hydrogens (tertiary/aromatic N) is 4. The van der Waals surface area contributed by atoms with E-state index in [2.05, 4.69) is 167 Å². The summed E-state index contributed by atoms with van der Waals surface area (Å²) in [4.78, 5) is 0. The van der Waals surface area contributed by atoms with E-state index in [1.165, 1.54) is 55.3 Å². The average Bonchev–Trinajstić information content (AvgIpc) is 3.85. The highest BCUT2D eigenvalue weighted by atomic mass is 32.1. The Morgan fingerprint density at radius 1 is 0.340 bits per heavy atom. The Morgan fingerprint density at radius 3 is 1.00 bits per heavy atom. The number of benzene rings is 7. The van der Waals surface area contributed by atoms with Crippen LogP contribution in [0.3, 0.4) is 0 Å². The molecule has 4 nitrogen and oxygen atoms in total. The van der Waals surface area contributed by atoms with E-state index in [1.54, 1.807) is 0 Å². The van der Waals surface area contributed by atoms with Gasteiger partial charge < -0.3 is 9.13 Å². The van der Waals surface area contributed by atoms with Crippen LogP contribution in [-0.2, 0) is 0 Å². The summed E-state index contributed by atoms with van der Waals surface area (Å²) in [5, 5.41) is 5.06. The van der Waals surface area contributed by atoms with Crippen LogP contribution in [0.25, 0.3) is 88.3 Å². The first kappa shape index (κ1) is 26.2. The lowest BCUT2D eigenvalue weighted by Crippen LogP contribution is -1.94.